The van der Waals surface area contributed by atoms with Gasteiger partial charge in [0.15, 0.2) is 0 Å². The molecule has 1 atom stereocenters. The van der Waals surface area contributed by atoms with E-state index in [0.717, 1.165) is 26.1 Å². The summed E-state index contributed by atoms with van der Waals surface area (Å²) in [6.07, 6.45) is 0.100. The average molecular weight is 248 g/mol. The molecule has 1 aromatic carbocycles. The van der Waals surface area contributed by atoms with Gasteiger partial charge in [0.2, 0.25) is 0 Å². The molecule has 98 valence electrons. The van der Waals surface area contributed by atoms with Gasteiger partial charge in [-0.05, 0) is 18.9 Å². The number of benzene rings is 1. The van der Waals surface area contributed by atoms with Gasteiger partial charge in [-0.25, -0.2) is 4.79 Å². The molecule has 0 spiro atoms. The van der Waals surface area contributed by atoms with E-state index in [1.165, 1.54) is 5.56 Å². The van der Waals surface area contributed by atoms with Crippen LogP contribution in [0, 0.1) is 0 Å². The van der Waals surface area contributed by atoms with Crippen molar-refractivity contribution in [2.75, 3.05) is 19.6 Å². The van der Waals surface area contributed by atoms with E-state index in [9.17, 15) is 4.79 Å². The topological polar surface area (TPSA) is 43.8 Å². The second-order valence-electron chi connectivity index (χ2n) is 4.88. The normalized spacial score (nSPS) is 21.6. The van der Waals surface area contributed by atoms with Crippen molar-refractivity contribution in [3.05, 3.63) is 35.9 Å². The fraction of sp³-hybridized carbons (Fsp3) is 0.500. The van der Waals surface area contributed by atoms with E-state index in [1.54, 1.807) is 4.90 Å². The Bertz CT molecular complexity index is 394. The van der Waals surface area contributed by atoms with Crippen LogP contribution in [0.1, 0.15) is 18.9 Å². The number of hydrogen-bond acceptors (Lipinski definition) is 2. The fourth-order valence-electron chi connectivity index (χ4n) is 2.39. The van der Waals surface area contributed by atoms with Crippen molar-refractivity contribution in [3.8, 4) is 0 Å². The van der Waals surface area contributed by atoms with E-state index >= 15 is 0 Å². The van der Waals surface area contributed by atoms with Crippen molar-refractivity contribution in [2.24, 2.45) is 0 Å². The summed E-state index contributed by atoms with van der Waals surface area (Å²) in [5.41, 5.74) is 1.29. The van der Waals surface area contributed by atoms with Crippen LogP contribution in [-0.4, -0.2) is 46.7 Å². The lowest BCUT2D eigenvalue weighted by Gasteiger charge is -2.23. The van der Waals surface area contributed by atoms with Crippen LogP contribution in [0.15, 0.2) is 30.3 Å². The van der Waals surface area contributed by atoms with Crippen molar-refractivity contribution in [2.45, 2.75) is 25.9 Å². The zero-order valence-electron chi connectivity index (χ0n) is 10.7. The van der Waals surface area contributed by atoms with Crippen LogP contribution >= 0.6 is 0 Å². The highest BCUT2D eigenvalue weighted by Gasteiger charge is 2.24. The van der Waals surface area contributed by atoms with Gasteiger partial charge >= 0.3 is 6.09 Å². The summed E-state index contributed by atoms with van der Waals surface area (Å²) in [5.74, 6) is 0. The Morgan fingerprint density at radius 3 is 2.67 bits per heavy atom. The average Bonchev–Trinajstić information content (AvgIpc) is 2.53. The van der Waals surface area contributed by atoms with Crippen LogP contribution in [0.2, 0.25) is 0 Å². The minimum absolute atomic E-state index is 0.114. The molecule has 0 saturated carbocycles. The molecule has 1 heterocycles. The number of carbonyl (C=O) groups is 1. The third-order valence-corrected chi connectivity index (χ3v) is 3.55. The molecule has 1 aromatic rings. The number of rotatable bonds is 2. The summed E-state index contributed by atoms with van der Waals surface area (Å²) in [5, 5.41) is 9.12. The van der Waals surface area contributed by atoms with E-state index in [2.05, 4.69) is 17.0 Å². The molecule has 1 fully saturated rings. The molecule has 1 aliphatic heterocycles. The first kappa shape index (κ1) is 12.9. The first-order valence-electron chi connectivity index (χ1n) is 6.42. The van der Waals surface area contributed by atoms with Crippen molar-refractivity contribution in [3.63, 3.8) is 0 Å². The van der Waals surface area contributed by atoms with Gasteiger partial charge in [0.05, 0.1) is 0 Å². The third-order valence-electron chi connectivity index (χ3n) is 3.55. The molecule has 18 heavy (non-hydrogen) atoms. The van der Waals surface area contributed by atoms with E-state index in [0.29, 0.717) is 6.54 Å². The predicted octanol–water partition coefficient (Wildman–Crippen LogP) is 2.26. The van der Waals surface area contributed by atoms with E-state index in [4.69, 9.17) is 5.11 Å². The van der Waals surface area contributed by atoms with Crippen LogP contribution in [0.5, 0.6) is 0 Å². The summed E-state index contributed by atoms with van der Waals surface area (Å²) in [6, 6.07) is 10.4. The standard InChI is InChI=1S/C14H20N2O2/c1-12-7-8-15(9-10-16(12)14(17)18)11-13-5-3-2-4-6-13/h2-6,12H,7-11H2,1H3,(H,17,18)/t12-/m1/s1. The highest BCUT2D eigenvalue weighted by molar-refractivity contribution is 5.65. The van der Waals surface area contributed by atoms with Gasteiger partial charge in [0.1, 0.15) is 0 Å². The molecule has 1 amide bonds. The van der Waals surface area contributed by atoms with Crippen molar-refractivity contribution >= 4 is 6.09 Å². The highest BCUT2D eigenvalue weighted by Crippen LogP contribution is 2.13. The van der Waals surface area contributed by atoms with Gasteiger partial charge in [-0.2, -0.15) is 0 Å². The number of carboxylic acid groups (broad SMARTS) is 1. The van der Waals surface area contributed by atoms with E-state index in [-0.39, 0.29) is 6.04 Å². The van der Waals surface area contributed by atoms with Crippen LogP contribution in [0.25, 0.3) is 0 Å². The Balaban J connectivity index is 1.95. The number of amides is 1. The van der Waals surface area contributed by atoms with Gasteiger partial charge < -0.3 is 10.0 Å². The molecular weight excluding hydrogens is 228 g/mol. The molecular formula is C14H20N2O2. The second kappa shape index (κ2) is 5.87. The van der Waals surface area contributed by atoms with Gasteiger partial charge in [-0.1, -0.05) is 30.3 Å². The monoisotopic (exact) mass is 248 g/mol. The SMILES string of the molecule is C[C@@H]1CCN(Cc2ccccc2)CCN1C(=O)O. The maximum absolute atomic E-state index is 11.1. The fourth-order valence-corrected chi connectivity index (χ4v) is 2.39. The maximum Gasteiger partial charge on any atom is 0.407 e. The molecule has 0 unspecified atom stereocenters. The van der Waals surface area contributed by atoms with Gasteiger partial charge in [-0.3, -0.25) is 4.90 Å². The summed E-state index contributed by atoms with van der Waals surface area (Å²) in [6.45, 7) is 5.26. The lowest BCUT2D eigenvalue weighted by Crippen LogP contribution is -2.38. The Morgan fingerprint density at radius 2 is 2.00 bits per heavy atom. The first-order valence-corrected chi connectivity index (χ1v) is 6.42. The third kappa shape index (κ3) is 3.23. The van der Waals surface area contributed by atoms with Crippen LogP contribution in [0.3, 0.4) is 0 Å². The minimum Gasteiger partial charge on any atom is -0.465 e. The summed E-state index contributed by atoms with van der Waals surface area (Å²) in [7, 11) is 0. The summed E-state index contributed by atoms with van der Waals surface area (Å²) < 4.78 is 0. The lowest BCUT2D eigenvalue weighted by molar-refractivity contribution is 0.130. The molecule has 1 saturated heterocycles. The Hall–Kier alpha value is -1.55. The zero-order valence-corrected chi connectivity index (χ0v) is 10.7. The quantitative estimate of drug-likeness (QED) is 0.873. The maximum atomic E-state index is 11.1. The molecule has 4 nitrogen and oxygen atoms in total. The van der Waals surface area contributed by atoms with Crippen molar-refractivity contribution in [1.82, 2.24) is 9.80 Å². The smallest absolute Gasteiger partial charge is 0.407 e. The minimum atomic E-state index is -0.802. The molecule has 0 aliphatic carbocycles. The number of hydrogen-bond donors (Lipinski definition) is 1. The van der Waals surface area contributed by atoms with Gasteiger partial charge in [0.25, 0.3) is 0 Å². The van der Waals surface area contributed by atoms with E-state index in [1.807, 2.05) is 25.1 Å². The van der Waals surface area contributed by atoms with Gasteiger partial charge in [0, 0.05) is 32.2 Å². The first-order chi connectivity index (χ1) is 8.66. The Morgan fingerprint density at radius 1 is 1.28 bits per heavy atom. The molecule has 1 aliphatic rings. The van der Waals surface area contributed by atoms with Crippen molar-refractivity contribution < 1.29 is 9.90 Å². The largest absolute Gasteiger partial charge is 0.465 e. The Labute approximate surface area is 108 Å². The molecule has 2 rings (SSSR count). The molecule has 0 aromatic heterocycles. The molecule has 0 bridgehead atoms. The zero-order chi connectivity index (χ0) is 13.0. The summed E-state index contributed by atoms with van der Waals surface area (Å²) >= 11 is 0. The Kier molecular flexibility index (Phi) is 4.20. The molecule has 0 radical (unpaired) electrons. The van der Waals surface area contributed by atoms with Crippen LogP contribution < -0.4 is 0 Å². The highest BCUT2D eigenvalue weighted by atomic mass is 16.4. The van der Waals surface area contributed by atoms with E-state index < -0.39 is 6.09 Å². The lowest BCUT2D eigenvalue weighted by atomic mass is 10.2. The van der Waals surface area contributed by atoms with Crippen molar-refractivity contribution in [1.29, 1.82) is 0 Å². The van der Waals surface area contributed by atoms with Crippen LogP contribution in [-0.2, 0) is 6.54 Å². The molecule has 4 heteroatoms. The van der Waals surface area contributed by atoms with Crippen LogP contribution in [0.4, 0.5) is 4.79 Å². The van der Waals surface area contributed by atoms with Gasteiger partial charge in [-0.15, -0.1) is 0 Å². The molecule has 1 N–H and O–H groups in total. The summed E-state index contributed by atoms with van der Waals surface area (Å²) in [4.78, 5) is 15.0. The predicted molar refractivity (Wildman–Crippen MR) is 70.5 cm³/mol. The second-order valence-corrected chi connectivity index (χ2v) is 4.88. The number of nitrogens with zero attached hydrogens (tertiary/aromatic N) is 2.